The fraction of sp³-hybridized carbons (Fsp3) is 0.538. The molecule has 5 nitrogen and oxygen atoms in total. The Kier molecular flexibility index (Phi) is 3.81. The van der Waals surface area contributed by atoms with E-state index in [1.54, 1.807) is 12.1 Å². The van der Waals surface area contributed by atoms with Crippen molar-refractivity contribution >= 4 is 5.91 Å². The summed E-state index contributed by atoms with van der Waals surface area (Å²) in [5.74, 6) is 0.726. The number of hydrogen-bond acceptors (Lipinski definition) is 4. The van der Waals surface area contributed by atoms with Gasteiger partial charge in [-0.2, -0.15) is 0 Å². The van der Waals surface area contributed by atoms with Crippen LogP contribution in [-0.4, -0.2) is 30.6 Å². The molecule has 1 heterocycles. The molecule has 18 heavy (non-hydrogen) atoms. The molecular weight excluding hydrogens is 230 g/mol. The normalized spacial score (nSPS) is 22.3. The number of nitrogens with zero attached hydrogens (tertiary/aromatic N) is 1. The molecular formula is C13H19N3O2. The number of carbonyl (C=O) groups excluding carboxylic acids is 1. The van der Waals surface area contributed by atoms with Gasteiger partial charge in [0.25, 0.3) is 0 Å². The third kappa shape index (κ3) is 2.98. The fourth-order valence-corrected chi connectivity index (χ4v) is 2.24. The standard InChI is InChI=1S/C13H19N3O2/c1-8-3-10(13(14)17)6-12(16-8)18-11-4-9(5-11)7-15-2/h3,6,9,11,15H,4-5,7H2,1-2H3,(H2,14,17). The highest BCUT2D eigenvalue weighted by atomic mass is 16.5. The lowest BCUT2D eigenvalue weighted by atomic mass is 9.82. The van der Waals surface area contributed by atoms with Crippen LogP contribution in [0.25, 0.3) is 0 Å². The number of ether oxygens (including phenoxy) is 1. The van der Waals surface area contributed by atoms with Crippen molar-refractivity contribution in [1.82, 2.24) is 10.3 Å². The molecule has 3 N–H and O–H groups in total. The van der Waals surface area contributed by atoms with Crippen LogP contribution in [0.4, 0.5) is 0 Å². The number of nitrogens with two attached hydrogens (primary N) is 1. The summed E-state index contributed by atoms with van der Waals surface area (Å²) in [4.78, 5) is 15.4. The largest absolute Gasteiger partial charge is 0.474 e. The van der Waals surface area contributed by atoms with Gasteiger partial charge in [0.1, 0.15) is 6.10 Å². The molecule has 0 atom stereocenters. The van der Waals surface area contributed by atoms with Crippen LogP contribution in [0.2, 0.25) is 0 Å². The van der Waals surface area contributed by atoms with Crippen LogP contribution in [-0.2, 0) is 0 Å². The summed E-state index contributed by atoms with van der Waals surface area (Å²) in [7, 11) is 1.95. The molecule has 0 bridgehead atoms. The second kappa shape index (κ2) is 5.35. The number of pyridine rings is 1. The Labute approximate surface area is 107 Å². The lowest BCUT2D eigenvalue weighted by molar-refractivity contribution is 0.0614. The molecule has 1 fully saturated rings. The number of rotatable bonds is 5. The molecule has 1 aliphatic rings. The van der Waals surface area contributed by atoms with Gasteiger partial charge in [0, 0.05) is 17.3 Å². The third-order valence-corrected chi connectivity index (χ3v) is 3.19. The average molecular weight is 249 g/mol. The number of carbonyl (C=O) groups is 1. The van der Waals surface area contributed by atoms with Gasteiger partial charge in [-0.25, -0.2) is 4.98 Å². The maximum Gasteiger partial charge on any atom is 0.248 e. The maximum absolute atomic E-state index is 11.1. The molecule has 2 rings (SSSR count). The summed E-state index contributed by atoms with van der Waals surface area (Å²) in [6, 6.07) is 3.28. The molecule has 5 heteroatoms. The van der Waals surface area contributed by atoms with Crippen molar-refractivity contribution in [3.05, 3.63) is 23.4 Å². The minimum absolute atomic E-state index is 0.207. The molecule has 98 valence electrons. The Hall–Kier alpha value is -1.62. The minimum Gasteiger partial charge on any atom is -0.474 e. The molecule has 1 aromatic heterocycles. The lowest BCUT2D eigenvalue weighted by Crippen LogP contribution is -2.38. The Balaban J connectivity index is 1.96. The molecule has 1 saturated carbocycles. The molecule has 0 aliphatic heterocycles. The first-order chi connectivity index (χ1) is 8.58. The van der Waals surface area contributed by atoms with Crippen LogP contribution in [0.15, 0.2) is 12.1 Å². The van der Waals surface area contributed by atoms with E-state index in [4.69, 9.17) is 10.5 Å². The first kappa shape index (κ1) is 12.8. The van der Waals surface area contributed by atoms with Gasteiger partial charge in [-0.3, -0.25) is 4.79 Å². The van der Waals surface area contributed by atoms with E-state index >= 15 is 0 Å². The van der Waals surface area contributed by atoms with Gasteiger partial charge in [-0.1, -0.05) is 0 Å². The zero-order valence-corrected chi connectivity index (χ0v) is 10.8. The van der Waals surface area contributed by atoms with E-state index in [1.165, 1.54) is 0 Å². The van der Waals surface area contributed by atoms with Crippen molar-refractivity contribution in [2.24, 2.45) is 11.7 Å². The Bertz CT molecular complexity index is 442. The lowest BCUT2D eigenvalue weighted by Gasteiger charge is -2.34. The third-order valence-electron chi connectivity index (χ3n) is 3.19. The Morgan fingerprint density at radius 1 is 1.56 bits per heavy atom. The first-order valence-corrected chi connectivity index (χ1v) is 6.18. The monoisotopic (exact) mass is 249 g/mol. The van der Waals surface area contributed by atoms with Gasteiger partial charge in [0.15, 0.2) is 0 Å². The molecule has 1 amide bonds. The quantitative estimate of drug-likeness (QED) is 0.811. The minimum atomic E-state index is -0.452. The predicted octanol–water partition coefficient (Wildman–Crippen LogP) is 0.866. The van der Waals surface area contributed by atoms with Crippen molar-refractivity contribution in [3.63, 3.8) is 0 Å². The molecule has 0 saturated heterocycles. The number of nitrogens with one attached hydrogen (secondary N) is 1. The summed E-state index contributed by atoms with van der Waals surface area (Å²) >= 11 is 0. The van der Waals surface area contributed by atoms with E-state index < -0.39 is 5.91 Å². The zero-order valence-electron chi connectivity index (χ0n) is 10.8. The predicted molar refractivity (Wildman–Crippen MR) is 68.6 cm³/mol. The molecule has 0 radical (unpaired) electrons. The fourth-order valence-electron chi connectivity index (χ4n) is 2.24. The Morgan fingerprint density at radius 3 is 2.89 bits per heavy atom. The highest BCUT2D eigenvalue weighted by molar-refractivity contribution is 5.93. The van der Waals surface area contributed by atoms with Gasteiger partial charge in [-0.15, -0.1) is 0 Å². The second-order valence-electron chi connectivity index (χ2n) is 4.83. The van der Waals surface area contributed by atoms with Crippen molar-refractivity contribution in [2.45, 2.75) is 25.9 Å². The Morgan fingerprint density at radius 2 is 2.28 bits per heavy atom. The number of aryl methyl sites for hydroxylation is 1. The van der Waals surface area contributed by atoms with E-state index in [1.807, 2.05) is 14.0 Å². The van der Waals surface area contributed by atoms with Crippen LogP contribution in [0, 0.1) is 12.8 Å². The van der Waals surface area contributed by atoms with Gasteiger partial charge in [0.05, 0.1) is 0 Å². The molecule has 0 aromatic carbocycles. The first-order valence-electron chi connectivity index (χ1n) is 6.18. The summed E-state index contributed by atoms with van der Waals surface area (Å²) in [6.07, 6.45) is 2.27. The van der Waals surface area contributed by atoms with Crippen LogP contribution in [0.1, 0.15) is 28.9 Å². The number of aromatic nitrogens is 1. The van der Waals surface area contributed by atoms with Crippen LogP contribution < -0.4 is 15.8 Å². The highest BCUT2D eigenvalue weighted by Crippen LogP contribution is 2.30. The van der Waals surface area contributed by atoms with E-state index in [0.717, 1.165) is 25.1 Å². The summed E-state index contributed by atoms with van der Waals surface area (Å²) in [5.41, 5.74) is 6.45. The number of primary amides is 1. The van der Waals surface area contributed by atoms with Gasteiger partial charge >= 0.3 is 0 Å². The SMILES string of the molecule is CNCC1CC(Oc2cc(C(N)=O)cc(C)n2)C1. The number of hydrogen-bond donors (Lipinski definition) is 2. The summed E-state index contributed by atoms with van der Waals surface area (Å²) in [6.45, 7) is 2.84. The van der Waals surface area contributed by atoms with E-state index in [2.05, 4.69) is 10.3 Å². The second-order valence-corrected chi connectivity index (χ2v) is 4.83. The van der Waals surface area contributed by atoms with Crippen LogP contribution >= 0.6 is 0 Å². The smallest absolute Gasteiger partial charge is 0.248 e. The highest BCUT2D eigenvalue weighted by Gasteiger charge is 2.30. The molecule has 1 aliphatic carbocycles. The molecule has 0 spiro atoms. The van der Waals surface area contributed by atoms with E-state index in [9.17, 15) is 4.79 Å². The average Bonchev–Trinajstić information content (AvgIpc) is 2.25. The van der Waals surface area contributed by atoms with Crippen molar-refractivity contribution in [1.29, 1.82) is 0 Å². The van der Waals surface area contributed by atoms with Crippen molar-refractivity contribution in [3.8, 4) is 5.88 Å². The van der Waals surface area contributed by atoms with E-state index in [-0.39, 0.29) is 6.10 Å². The van der Waals surface area contributed by atoms with Gasteiger partial charge in [0.2, 0.25) is 11.8 Å². The summed E-state index contributed by atoms with van der Waals surface area (Å²) in [5, 5.41) is 3.15. The topological polar surface area (TPSA) is 77.2 Å². The van der Waals surface area contributed by atoms with Crippen LogP contribution in [0.5, 0.6) is 5.88 Å². The van der Waals surface area contributed by atoms with Crippen molar-refractivity contribution in [2.75, 3.05) is 13.6 Å². The number of amides is 1. The maximum atomic E-state index is 11.1. The van der Waals surface area contributed by atoms with Crippen LogP contribution in [0.3, 0.4) is 0 Å². The van der Waals surface area contributed by atoms with Gasteiger partial charge < -0.3 is 15.8 Å². The van der Waals surface area contributed by atoms with E-state index in [0.29, 0.717) is 17.4 Å². The molecule has 1 aromatic rings. The zero-order chi connectivity index (χ0) is 13.1. The summed E-state index contributed by atoms with van der Waals surface area (Å²) < 4.78 is 5.75. The molecule has 0 unspecified atom stereocenters. The van der Waals surface area contributed by atoms with Gasteiger partial charge in [-0.05, 0) is 45.3 Å². The van der Waals surface area contributed by atoms with Crippen molar-refractivity contribution < 1.29 is 9.53 Å².